The molecule has 206 valence electrons. The first-order chi connectivity index (χ1) is 18.2. The molecule has 3 aromatic rings. The van der Waals surface area contributed by atoms with Crippen molar-refractivity contribution in [3.63, 3.8) is 0 Å². The molecule has 3 aliphatic heterocycles. The van der Waals surface area contributed by atoms with Gasteiger partial charge in [-0.15, -0.1) is 10.2 Å². The molecule has 2 atom stereocenters. The monoisotopic (exact) mass is 573 g/mol. The van der Waals surface area contributed by atoms with E-state index in [9.17, 15) is 21.6 Å². The van der Waals surface area contributed by atoms with Crippen molar-refractivity contribution in [2.45, 2.75) is 35.9 Å². The van der Waals surface area contributed by atoms with Gasteiger partial charge in [0.2, 0.25) is 10.0 Å². The molecule has 1 N–H and O–H groups in total. The maximum Gasteiger partial charge on any atom is 0.291 e. The number of fused-ring (bicyclic) bond motifs is 2. The Bertz CT molecular complexity index is 1440. The minimum absolute atomic E-state index is 0.0713. The number of halogens is 3. The summed E-state index contributed by atoms with van der Waals surface area (Å²) in [5.41, 5.74) is -0.736. The first kappa shape index (κ1) is 25.9. The lowest BCUT2D eigenvalue weighted by molar-refractivity contribution is -0.0725. The number of alkyl halides is 3. The van der Waals surface area contributed by atoms with E-state index in [0.717, 1.165) is 6.54 Å². The molecule has 0 bridgehead atoms. The smallest absolute Gasteiger partial charge is 0.291 e. The van der Waals surface area contributed by atoms with E-state index in [2.05, 4.69) is 36.6 Å². The van der Waals surface area contributed by atoms with Crippen LogP contribution >= 0.6 is 11.3 Å². The molecular weight excluding hydrogens is 547 g/mol. The SMILES string of the molecule is C[C@H]1CN(c2cc(S(=O)(=O)NC3(CF)COC3)cc3c(-c4nnc(C(F)F)s4)ncn23)C[C@@H]2COCCN21. The van der Waals surface area contributed by atoms with E-state index in [4.69, 9.17) is 9.47 Å². The van der Waals surface area contributed by atoms with Gasteiger partial charge in [0.1, 0.15) is 30.1 Å². The molecule has 0 spiro atoms. The molecule has 0 radical (unpaired) electrons. The number of pyridine rings is 1. The van der Waals surface area contributed by atoms with Crippen LogP contribution in [0.15, 0.2) is 23.4 Å². The molecule has 38 heavy (non-hydrogen) atoms. The van der Waals surface area contributed by atoms with Crippen molar-refractivity contribution < 1.29 is 31.1 Å². The molecule has 0 aliphatic carbocycles. The number of sulfonamides is 1. The highest BCUT2D eigenvalue weighted by Gasteiger charge is 2.43. The van der Waals surface area contributed by atoms with Crippen molar-refractivity contribution in [2.24, 2.45) is 0 Å². The Labute approximate surface area is 220 Å². The van der Waals surface area contributed by atoms with Crippen LogP contribution in [0.3, 0.4) is 0 Å². The van der Waals surface area contributed by atoms with Gasteiger partial charge < -0.3 is 14.4 Å². The highest BCUT2D eigenvalue weighted by Crippen LogP contribution is 2.35. The van der Waals surface area contributed by atoms with Gasteiger partial charge in [-0.1, -0.05) is 11.3 Å². The van der Waals surface area contributed by atoms with Crippen molar-refractivity contribution in [2.75, 3.05) is 57.6 Å². The number of nitrogens with zero attached hydrogens (tertiary/aromatic N) is 6. The fourth-order valence-corrected chi connectivity index (χ4v) is 7.33. The topological polar surface area (TPSA) is 114 Å². The Morgan fingerprint density at radius 3 is 2.74 bits per heavy atom. The maximum absolute atomic E-state index is 13.7. The Kier molecular flexibility index (Phi) is 6.59. The molecule has 3 aromatic heterocycles. The van der Waals surface area contributed by atoms with Gasteiger partial charge in [0, 0.05) is 25.7 Å². The highest BCUT2D eigenvalue weighted by atomic mass is 32.2. The number of morpholine rings is 1. The number of rotatable bonds is 7. The number of imidazole rings is 1. The Morgan fingerprint density at radius 2 is 2.05 bits per heavy atom. The van der Waals surface area contributed by atoms with Gasteiger partial charge in [-0.2, -0.15) is 4.72 Å². The second-order valence-corrected chi connectivity index (χ2v) is 12.6. The molecule has 6 rings (SSSR count). The van der Waals surface area contributed by atoms with Gasteiger partial charge in [-0.05, 0) is 19.1 Å². The fourth-order valence-electron chi connectivity index (χ4n) is 5.23. The van der Waals surface area contributed by atoms with Crippen molar-refractivity contribution in [3.05, 3.63) is 23.5 Å². The summed E-state index contributed by atoms with van der Waals surface area (Å²) in [6.45, 7) is 4.29. The van der Waals surface area contributed by atoms with Crippen molar-refractivity contribution in [3.8, 4) is 10.7 Å². The van der Waals surface area contributed by atoms with E-state index in [1.807, 2.05) is 0 Å². The Balaban J connectivity index is 1.46. The number of ether oxygens (including phenoxy) is 2. The summed E-state index contributed by atoms with van der Waals surface area (Å²) in [6, 6.07) is 3.21. The van der Waals surface area contributed by atoms with Gasteiger partial charge >= 0.3 is 0 Å². The lowest BCUT2D eigenvalue weighted by Gasteiger charge is -2.48. The van der Waals surface area contributed by atoms with Crippen LogP contribution in [0.25, 0.3) is 16.2 Å². The summed E-state index contributed by atoms with van der Waals surface area (Å²) in [6.07, 6.45) is -1.27. The average molecular weight is 574 g/mol. The molecule has 16 heteroatoms. The van der Waals surface area contributed by atoms with Crippen LogP contribution < -0.4 is 9.62 Å². The van der Waals surface area contributed by atoms with E-state index in [0.29, 0.717) is 49.0 Å². The zero-order chi connectivity index (χ0) is 26.7. The molecule has 0 aromatic carbocycles. The molecule has 0 amide bonds. The zero-order valence-corrected chi connectivity index (χ0v) is 22.0. The van der Waals surface area contributed by atoms with Crippen LogP contribution in [0, 0.1) is 0 Å². The third-order valence-corrected chi connectivity index (χ3v) is 9.68. The normalized spacial score (nSPS) is 24.1. The Hall–Kier alpha value is -2.37. The predicted molar refractivity (Wildman–Crippen MR) is 132 cm³/mol. The third-order valence-electron chi connectivity index (χ3n) is 7.18. The molecule has 0 saturated carbocycles. The molecule has 3 fully saturated rings. The van der Waals surface area contributed by atoms with Crippen LogP contribution in [-0.2, 0) is 19.5 Å². The summed E-state index contributed by atoms with van der Waals surface area (Å²) in [5, 5.41) is 7.11. The van der Waals surface area contributed by atoms with E-state index in [1.54, 1.807) is 4.40 Å². The Morgan fingerprint density at radius 1 is 1.24 bits per heavy atom. The largest absolute Gasteiger partial charge is 0.378 e. The zero-order valence-electron chi connectivity index (χ0n) is 20.4. The van der Waals surface area contributed by atoms with Gasteiger partial charge in [-0.25, -0.2) is 26.6 Å². The number of piperazine rings is 1. The van der Waals surface area contributed by atoms with Crippen LogP contribution in [0.1, 0.15) is 18.4 Å². The second-order valence-electron chi connectivity index (χ2n) is 9.88. The standard InChI is InChI=1S/C22H26F3N7O4S2/c1-13-6-30(7-14-8-35-3-2-31(13)14)17-5-15(38(33,34)29-22(9-23)10-36-11-22)4-16-18(26-12-32(16)17)20-27-28-21(37-20)19(24)25/h4-5,12-14,19,29H,2-3,6-11H2,1H3/t13-,14+/m0/s1. The van der Waals surface area contributed by atoms with Crippen LogP contribution in [-0.4, -0.2) is 103 Å². The minimum atomic E-state index is -4.19. The fraction of sp³-hybridized carbons (Fsp3) is 0.591. The number of anilines is 1. The predicted octanol–water partition coefficient (Wildman–Crippen LogP) is 1.72. The quantitative estimate of drug-likeness (QED) is 0.451. The number of nitrogens with one attached hydrogen (secondary N) is 1. The molecule has 6 heterocycles. The van der Waals surface area contributed by atoms with E-state index >= 15 is 0 Å². The van der Waals surface area contributed by atoms with Crippen LogP contribution in [0.2, 0.25) is 0 Å². The van der Waals surface area contributed by atoms with E-state index in [-0.39, 0.29) is 40.9 Å². The molecule has 11 nitrogen and oxygen atoms in total. The first-order valence-corrected chi connectivity index (χ1v) is 14.4. The summed E-state index contributed by atoms with van der Waals surface area (Å²) >= 11 is 0.694. The van der Waals surface area contributed by atoms with Gasteiger partial charge in [-0.3, -0.25) is 9.30 Å². The van der Waals surface area contributed by atoms with Crippen molar-refractivity contribution in [1.29, 1.82) is 0 Å². The van der Waals surface area contributed by atoms with Gasteiger partial charge in [0.05, 0.1) is 42.9 Å². The molecule has 3 saturated heterocycles. The van der Waals surface area contributed by atoms with Crippen molar-refractivity contribution in [1.82, 2.24) is 29.2 Å². The number of hydrogen-bond acceptors (Lipinski definition) is 10. The van der Waals surface area contributed by atoms with E-state index < -0.39 is 33.7 Å². The summed E-state index contributed by atoms with van der Waals surface area (Å²) in [7, 11) is -4.19. The lowest BCUT2D eigenvalue weighted by Crippen LogP contribution is -2.63. The third kappa shape index (κ3) is 4.46. The summed E-state index contributed by atoms with van der Waals surface area (Å²) in [4.78, 5) is 8.75. The summed E-state index contributed by atoms with van der Waals surface area (Å²) in [5.74, 6) is 0.552. The van der Waals surface area contributed by atoms with Gasteiger partial charge in [0.15, 0.2) is 10.0 Å². The minimum Gasteiger partial charge on any atom is -0.378 e. The molecule has 0 unspecified atom stereocenters. The summed E-state index contributed by atoms with van der Waals surface area (Å²) < 4.78 is 82.1. The van der Waals surface area contributed by atoms with Crippen LogP contribution in [0.4, 0.5) is 19.0 Å². The van der Waals surface area contributed by atoms with Gasteiger partial charge in [0.25, 0.3) is 6.43 Å². The lowest BCUT2D eigenvalue weighted by atomic mass is 10.0. The highest BCUT2D eigenvalue weighted by molar-refractivity contribution is 7.89. The molecular formula is C22H26F3N7O4S2. The maximum atomic E-state index is 13.7. The van der Waals surface area contributed by atoms with Crippen LogP contribution in [0.5, 0.6) is 0 Å². The first-order valence-electron chi connectivity index (χ1n) is 12.1. The molecule has 3 aliphatic rings. The average Bonchev–Trinajstić information content (AvgIpc) is 3.53. The number of hydrogen-bond donors (Lipinski definition) is 1. The van der Waals surface area contributed by atoms with E-state index in [1.165, 1.54) is 18.5 Å². The van der Waals surface area contributed by atoms with Crippen molar-refractivity contribution >= 4 is 32.7 Å². The second kappa shape index (κ2) is 9.67. The number of aromatic nitrogens is 4.